The highest BCUT2D eigenvalue weighted by Crippen LogP contribution is 2.31. The van der Waals surface area contributed by atoms with Gasteiger partial charge in [-0.25, -0.2) is 19.9 Å². The summed E-state index contributed by atoms with van der Waals surface area (Å²) in [6, 6.07) is 2.07. The number of nitrogens with zero attached hydrogens (tertiary/aromatic N) is 5. The minimum Gasteiger partial charge on any atom is -0.481 e. The number of methoxy groups -OCH3 is 1. The molecule has 0 unspecified atom stereocenters. The average Bonchev–Trinajstić information content (AvgIpc) is 3.02. The highest BCUT2D eigenvalue weighted by molar-refractivity contribution is 7.16. The molecular weight excluding hydrogens is 286 g/mol. The molecule has 21 heavy (non-hydrogen) atoms. The number of anilines is 1. The van der Waals surface area contributed by atoms with E-state index in [-0.39, 0.29) is 0 Å². The standard InChI is InChI=1S/C14H13N5OS/c1-20-13-10-6-19(4-2-11(10)15-7-17-13)12-9-3-5-21-14(9)18-8-16-12/h3,5,7-8H,2,4,6H2,1H3. The van der Waals surface area contributed by atoms with E-state index in [0.717, 1.165) is 40.3 Å². The first kappa shape index (κ1) is 12.5. The van der Waals surface area contributed by atoms with Crippen molar-refractivity contribution in [1.82, 2.24) is 19.9 Å². The van der Waals surface area contributed by atoms with Crippen LogP contribution in [0, 0.1) is 0 Å². The lowest BCUT2D eigenvalue weighted by Gasteiger charge is -2.29. The second-order valence-corrected chi connectivity index (χ2v) is 5.71. The largest absolute Gasteiger partial charge is 0.481 e. The van der Waals surface area contributed by atoms with Crippen LogP contribution in [-0.4, -0.2) is 33.6 Å². The number of aromatic nitrogens is 4. The molecule has 0 saturated heterocycles. The summed E-state index contributed by atoms with van der Waals surface area (Å²) in [7, 11) is 1.64. The molecule has 6 nitrogen and oxygen atoms in total. The predicted molar refractivity (Wildman–Crippen MR) is 80.8 cm³/mol. The van der Waals surface area contributed by atoms with E-state index in [1.165, 1.54) is 0 Å². The first-order valence-corrected chi connectivity index (χ1v) is 7.54. The maximum atomic E-state index is 5.36. The van der Waals surface area contributed by atoms with Gasteiger partial charge in [0.15, 0.2) is 0 Å². The van der Waals surface area contributed by atoms with E-state index < -0.39 is 0 Å². The fourth-order valence-electron chi connectivity index (χ4n) is 2.70. The Balaban J connectivity index is 1.77. The maximum absolute atomic E-state index is 5.36. The van der Waals surface area contributed by atoms with E-state index in [2.05, 4.69) is 30.9 Å². The third-order valence-electron chi connectivity index (χ3n) is 3.70. The monoisotopic (exact) mass is 299 g/mol. The summed E-state index contributed by atoms with van der Waals surface area (Å²) >= 11 is 1.63. The van der Waals surface area contributed by atoms with E-state index in [1.54, 1.807) is 31.1 Å². The zero-order chi connectivity index (χ0) is 14.2. The van der Waals surface area contributed by atoms with Crippen molar-refractivity contribution in [3.8, 4) is 5.88 Å². The van der Waals surface area contributed by atoms with Crippen LogP contribution >= 0.6 is 11.3 Å². The van der Waals surface area contributed by atoms with E-state index in [1.807, 2.05) is 5.38 Å². The first-order chi connectivity index (χ1) is 10.4. The van der Waals surface area contributed by atoms with Gasteiger partial charge in [0.2, 0.25) is 5.88 Å². The van der Waals surface area contributed by atoms with E-state index in [9.17, 15) is 0 Å². The number of fused-ring (bicyclic) bond motifs is 2. The van der Waals surface area contributed by atoms with Gasteiger partial charge in [-0.2, -0.15) is 0 Å². The van der Waals surface area contributed by atoms with Crippen molar-refractivity contribution < 1.29 is 4.74 Å². The molecule has 1 aliphatic heterocycles. The molecule has 3 aromatic rings. The van der Waals surface area contributed by atoms with Gasteiger partial charge >= 0.3 is 0 Å². The molecule has 7 heteroatoms. The number of rotatable bonds is 2. The SMILES string of the molecule is COc1ncnc2c1CN(c1ncnc3sccc13)CC2. The molecular formula is C14H13N5OS. The van der Waals surface area contributed by atoms with Crippen LogP contribution in [0.4, 0.5) is 5.82 Å². The Morgan fingerprint density at radius 3 is 3.00 bits per heavy atom. The van der Waals surface area contributed by atoms with Gasteiger partial charge in [-0.15, -0.1) is 11.3 Å². The maximum Gasteiger partial charge on any atom is 0.221 e. The Morgan fingerprint density at radius 1 is 1.19 bits per heavy atom. The summed E-state index contributed by atoms with van der Waals surface area (Å²) in [5, 5.41) is 3.14. The second-order valence-electron chi connectivity index (χ2n) is 4.82. The van der Waals surface area contributed by atoms with Crippen LogP contribution in [0.25, 0.3) is 10.2 Å². The van der Waals surface area contributed by atoms with Crippen molar-refractivity contribution in [3.63, 3.8) is 0 Å². The van der Waals surface area contributed by atoms with Gasteiger partial charge in [0.1, 0.15) is 23.3 Å². The molecule has 0 aromatic carbocycles. The molecule has 0 aliphatic carbocycles. The lowest BCUT2D eigenvalue weighted by Crippen LogP contribution is -2.32. The van der Waals surface area contributed by atoms with Crippen LogP contribution in [-0.2, 0) is 13.0 Å². The molecule has 0 saturated carbocycles. The van der Waals surface area contributed by atoms with Crippen molar-refractivity contribution in [3.05, 3.63) is 35.4 Å². The van der Waals surface area contributed by atoms with Crippen LogP contribution in [0.1, 0.15) is 11.3 Å². The Labute approximate surface area is 125 Å². The Morgan fingerprint density at radius 2 is 2.10 bits per heavy atom. The minimum absolute atomic E-state index is 0.653. The quantitative estimate of drug-likeness (QED) is 0.721. The molecule has 0 N–H and O–H groups in total. The molecule has 0 fully saturated rings. The molecule has 0 atom stereocenters. The van der Waals surface area contributed by atoms with Gasteiger partial charge < -0.3 is 9.64 Å². The molecule has 0 amide bonds. The summed E-state index contributed by atoms with van der Waals surface area (Å²) in [5.74, 6) is 1.62. The summed E-state index contributed by atoms with van der Waals surface area (Å²) in [4.78, 5) is 20.6. The molecule has 0 spiro atoms. The van der Waals surface area contributed by atoms with Gasteiger partial charge in [0.25, 0.3) is 0 Å². The normalized spacial score (nSPS) is 14.2. The Hall–Kier alpha value is -2.28. The van der Waals surface area contributed by atoms with E-state index in [0.29, 0.717) is 12.4 Å². The molecule has 3 aromatic heterocycles. The topological polar surface area (TPSA) is 64.0 Å². The number of thiophene rings is 1. The highest BCUT2D eigenvalue weighted by atomic mass is 32.1. The third-order valence-corrected chi connectivity index (χ3v) is 4.52. The average molecular weight is 299 g/mol. The predicted octanol–water partition coefficient (Wildman–Crippen LogP) is 2.05. The van der Waals surface area contributed by atoms with Gasteiger partial charge in [-0.05, 0) is 11.4 Å². The number of hydrogen-bond donors (Lipinski definition) is 0. The van der Waals surface area contributed by atoms with E-state index >= 15 is 0 Å². The molecule has 1 aliphatic rings. The zero-order valence-corrected chi connectivity index (χ0v) is 12.3. The lowest BCUT2D eigenvalue weighted by atomic mass is 10.1. The molecule has 0 radical (unpaired) electrons. The molecule has 0 bridgehead atoms. The van der Waals surface area contributed by atoms with Gasteiger partial charge in [-0.1, -0.05) is 0 Å². The van der Waals surface area contributed by atoms with Crippen LogP contribution < -0.4 is 9.64 Å². The van der Waals surface area contributed by atoms with Crippen molar-refractivity contribution >= 4 is 27.4 Å². The first-order valence-electron chi connectivity index (χ1n) is 6.66. The summed E-state index contributed by atoms with van der Waals surface area (Å²) in [6.45, 7) is 1.59. The minimum atomic E-state index is 0.653. The third kappa shape index (κ3) is 2.01. The fraction of sp³-hybridized carbons (Fsp3) is 0.286. The molecule has 4 heterocycles. The van der Waals surface area contributed by atoms with Crippen molar-refractivity contribution in [1.29, 1.82) is 0 Å². The Bertz CT molecular complexity index is 789. The van der Waals surface area contributed by atoms with Gasteiger partial charge in [0.05, 0.1) is 30.3 Å². The van der Waals surface area contributed by atoms with Crippen LogP contribution in [0.5, 0.6) is 5.88 Å². The zero-order valence-electron chi connectivity index (χ0n) is 11.5. The number of ether oxygens (including phenoxy) is 1. The molecule has 4 rings (SSSR count). The van der Waals surface area contributed by atoms with Crippen molar-refractivity contribution in [2.45, 2.75) is 13.0 Å². The fourth-order valence-corrected chi connectivity index (χ4v) is 3.43. The van der Waals surface area contributed by atoms with Crippen LogP contribution in [0.15, 0.2) is 24.1 Å². The van der Waals surface area contributed by atoms with E-state index in [4.69, 9.17) is 4.74 Å². The molecule has 106 valence electrons. The lowest BCUT2D eigenvalue weighted by molar-refractivity contribution is 0.387. The van der Waals surface area contributed by atoms with Crippen molar-refractivity contribution in [2.75, 3.05) is 18.6 Å². The summed E-state index contributed by atoms with van der Waals surface area (Å²) < 4.78 is 5.36. The smallest absolute Gasteiger partial charge is 0.221 e. The van der Waals surface area contributed by atoms with Crippen LogP contribution in [0.3, 0.4) is 0 Å². The summed E-state index contributed by atoms with van der Waals surface area (Å²) in [6.07, 6.45) is 4.06. The summed E-state index contributed by atoms with van der Waals surface area (Å²) in [5.41, 5.74) is 2.11. The van der Waals surface area contributed by atoms with Crippen LogP contribution in [0.2, 0.25) is 0 Å². The van der Waals surface area contributed by atoms with Crippen molar-refractivity contribution in [2.24, 2.45) is 0 Å². The van der Waals surface area contributed by atoms with Gasteiger partial charge in [-0.3, -0.25) is 0 Å². The number of hydrogen-bond acceptors (Lipinski definition) is 7. The highest BCUT2D eigenvalue weighted by Gasteiger charge is 2.23. The van der Waals surface area contributed by atoms with Gasteiger partial charge in [0, 0.05) is 13.0 Å². The second kappa shape index (κ2) is 4.92. The Kier molecular flexibility index (Phi) is 2.92.